The lowest BCUT2D eigenvalue weighted by Gasteiger charge is -2.36. The molecule has 0 spiro atoms. The molecule has 1 aliphatic rings. The molecule has 3 aromatic rings. The molecule has 0 atom stereocenters. The van der Waals surface area contributed by atoms with E-state index >= 15 is 0 Å². The van der Waals surface area contributed by atoms with Crippen LogP contribution in [0.25, 0.3) is 11.3 Å². The monoisotopic (exact) mass is 418 g/mol. The van der Waals surface area contributed by atoms with Gasteiger partial charge in [0.25, 0.3) is 0 Å². The fraction of sp³-hybridized carbons (Fsp3) is 0.423. The molecule has 1 fully saturated rings. The fourth-order valence-corrected chi connectivity index (χ4v) is 4.18. The van der Waals surface area contributed by atoms with Crippen molar-refractivity contribution in [1.82, 2.24) is 15.2 Å². The number of nitrogens with one attached hydrogen (secondary N) is 1. The molecule has 1 N–H and O–H groups in total. The van der Waals surface area contributed by atoms with Crippen LogP contribution in [-0.4, -0.2) is 49.2 Å². The van der Waals surface area contributed by atoms with Crippen LogP contribution in [0.5, 0.6) is 0 Å². The van der Waals surface area contributed by atoms with Gasteiger partial charge in [-0.15, -0.1) is 0 Å². The minimum atomic E-state index is 0.673. The summed E-state index contributed by atoms with van der Waals surface area (Å²) < 4.78 is 6.08. The van der Waals surface area contributed by atoms with Crippen molar-refractivity contribution in [1.29, 1.82) is 0 Å². The first-order valence-electron chi connectivity index (χ1n) is 11.5. The molecule has 0 amide bonds. The lowest BCUT2D eigenvalue weighted by atomic mass is 10.1. The highest BCUT2D eigenvalue weighted by Gasteiger charge is 2.17. The molecule has 0 saturated carbocycles. The zero-order chi connectivity index (χ0) is 21.5. The minimum absolute atomic E-state index is 0.673. The molecular formula is C26H34N4O. The number of nitrogens with zero attached hydrogens (tertiary/aromatic N) is 3. The van der Waals surface area contributed by atoms with Gasteiger partial charge >= 0.3 is 0 Å². The number of hydrogen-bond acceptors (Lipinski definition) is 5. The molecule has 5 nitrogen and oxygen atoms in total. The van der Waals surface area contributed by atoms with Gasteiger partial charge in [-0.25, -0.2) is 4.98 Å². The Bertz CT molecular complexity index is 945. The standard InChI is InChI=1S/C26H34N4O/c1-3-8-24-26(22-10-5-4-6-11-22)28-25(31-24)20-27-13-14-29-15-17-30(18-16-29)23-12-7-9-21(2)19-23/h4-7,9-12,19,27H,3,8,13-18,20H2,1-2H3. The van der Waals surface area contributed by atoms with Gasteiger partial charge in [0.1, 0.15) is 11.5 Å². The summed E-state index contributed by atoms with van der Waals surface area (Å²) in [6, 6.07) is 19.2. The van der Waals surface area contributed by atoms with Crippen LogP contribution >= 0.6 is 0 Å². The molecule has 4 rings (SSSR count). The Balaban J connectivity index is 1.23. The maximum absolute atomic E-state index is 6.08. The highest BCUT2D eigenvalue weighted by molar-refractivity contribution is 5.61. The molecule has 5 heteroatoms. The molecule has 0 radical (unpaired) electrons. The average Bonchev–Trinajstić information content (AvgIpc) is 3.21. The van der Waals surface area contributed by atoms with E-state index in [4.69, 9.17) is 9.40 Å². The molecule has 0 aliphatic carbocycles. The van der Waals surface area contributed by atoms with Gasteiger partial charge in [-0.1, -0.05) is 49.4 Å². The van der Waals surface area contributed by atoms with Crippen LogP contribution in [-0.2, 0) is 13.0 Å². The van der Waals surface area contributed by atoms with Crippen LogP contribution in [0, 0.1) is 6.92 Å². The summed E-state index contributed by atoms with van der Waals surface area (Å²) in [5, 5.41) is 3.52. The van der Waals surface area contributed by atoms with Crippen molar-refractivity contribution < 1.29 is 4.42 Å². The molecular weight excluding hydrogens is 384 g/mol. The Hall–Kier alpha value is -2.63. The molecule has 2 heterocycles. The first-order chi connectivity index (χ1) is 15.2. The normalized spacial score (nSPS) is 14.8. The van der Waals surface area contributed by atoms with Crippen molar-refractivity contribution in [2.75, 3.05) is 44.2 Å². The van der Waals surface area contributed by atoms with E-state index in [1.807, 2.05) is 6.07 Å². The maximum Gasteiger partial charge on any atom is 0.208 e. The van der Waals surface area contributed by atoms with Gasteiger partial charge in [0.05, 0.1) is 6.54 Å². The SMILES string of the molecule is CCCc1oc(CNCCN2CCN(c3cccc(C)c3)CC2)nc1-c1ccccc1. The van der Waals surface area contributed by atoms with E-state index in [9.17, 15) is 0 Å². The number of oxazole rings is 1. The first kappa shape index (κ1) is 21.6. The van der Waals surface area contributed by atoms with Crippen molar-refractivity contribution in [2.45, 2.75) is 33.2 Å². The molecule has 2 aromatic carbocycles. The van der Waals surface area contributed by atoms with Crippen molar-refractivity contribution in [3.63, 3.8) is 0 Å². The third-order valence-electron chi connectivity index (χ3n) is 5.89. The first-order valence-corrected chi connectivity index (χ1v) is 11.5. The third kappa shape index (κ3) is 5.75. The number of benzene rings is 2. The summed E-state index contributed by atoms with van der Waals surface area (Å²) in [6.07, 6.45) is 1.97. The number of piperazine rings is 1. The van der Waals surface area contributed by atoms with E-state index in [0.29, 0.717) is 6.54 Å². The van der Waals surface area contributed by atoms with E-state index in [2.05, 4.69) is 77.5 Å². The van der Waals surface area contributed by atoms with Crippen LogP contribution < -0.4 is 10.2 Å². The van der Waals surface area contributed by atoms with E-state index in [1.165, 1.54) is 11.3 Å². The van der Waals surface area contributed by atoms with Crippen LogP contribution in [0.3, 0.4) is 0 Å². The Morgan fingerprint density at radius 1 is 1.00 bits per heavy atom. The van der Waals surface area contributed by atoms with Crippen LogP contribution in [0.1, 0.15) is 30.6 Å². The average molecular weight is 419 g/mol. The lowest BCUT2D eigenvalue weighted by molar-refractivity contribution is 0.256. The smallest absolute Gasteiger partial charge is 0.208 e. The third-order valence-corrected chi connectivity index (χ3v) is 5.89. The number of aromatic nitrogens is 1. The van der Waals surface area contributed by atoms with Gasteiger partial charge in [-0.2, -0.15) is 0 Å². The second-order valence-electron chi connectivity index (χ2n) is 8.34. The topological polar surface area (TPSA) is 44.5 Å². The summed E-state index contributed by atoms with van der Waals surface area (Å²) in [7, 11) is 0. The van der Waals surface area contributed by atoms with E-state index < -0.39 is 0 Å². The number of anilines is 1. The van der Waals surface area contributed by atoms with Gasteiger partial charge in [0.2, 0.25) is 5.89 Å². The van der Waals surface area contributed by atoms with E-state index in [-0.39, 0.29) is 0 Å². The van der Waals surface area contributed by atoms with Gasteiger partial charge in [0, 0.05) is 56.9 Å². The number of hydrogen-bond donors (Lipinski definition) is 1. The Morgan fingerprint density at radius 2 is 1.81 bits per heavy atom. The van der Waals surface area contributed by atoms with E-state index in [0.717, 1.165) is 75.0 Å². The predicted octanol–water partition coefficient (Wildman–Crippen LogP) is 4.51. The van der Waals surface area contributed by atoms with Gasteiger partial charge in [-0.05, 0) is 31.0 Å². The quantitative estimate of drug-likeness (QED) is 0.518. The second kappa shape index (κ2) is 10.6. The minimum Gasteiger partial charge on any atom is -0.444 e. The van der Waals surface area contributed by atoms with Gasteiger partial charge in [0.15, 0.2) is 0 Å². The molecule has 31 heavy (non-hydrogen) atoms. The predicted molar refractivity (Wildman–Crippen MR) is 127 cm³/mol. The van der Waals surface area contributed by atoms with E-state index in [1.54, 1.807) is 0 Å². The molecule has 0 bridgehead atoms. The van der Waals surface area contributed by atoms with Crippen molar-refractivity contribution in [3.8, 4) is 11.3 Å². The Morgan fingerprint density at radius 3 is 2.55 bits per heavy atom. The largest absolute Gasteiger partial charge is 0.444 e. The molecule has 164 valence electrons. The summed E-state index contributed by atoms with van der Waals surface area (Å²) in [4.78, 5) is 9.81. The van der Waals surface area contributed by atoms with Crippen molar-refractivity contribution in [2.24, 2.45) is 0 Å². The van der Waals surface area contributed by atoms with Crippen LogP contribution in [0.2, 0.25) is 0 Å². The highest BCUT2D eigenvalue weighted by Crippen LogP contribution is 2.25. The summed E-state index contributed by atoms with van der Waals surface area (Å²) in [6.45, 7) is 11.4. The van der Waals surface area contributed by atoms with Crippen molar-refractivity contribution >= 4 is 5.69 Å². The summed E-state index contributed by atoms with van der Waals surface area (Å²) >= 11 is 0. The zero-order valence-corrected chi connectivity index (χ0v) is 18.8. The maximum atomic E-state index is 6.08. The molecule has 1 saturated heterocycles. The number of rotatable bonds is 9. The second-order valence-corrected chi connectivity index (χ2v) is 8.34. The van der Waals surface area contributed by atoms with Gasteiger partial charge < -0.3 is 14.6 Å². The molecule has 1 aliphatic heterocycles. The Kier molecular flexibility index (Phi) is 7.39. The van der Waals surface area contributed by atoms with Crippen molar-refractivity contribution in [3.05, 3.63) is 71.8 Å². The summed E-state index contributed by atoms with van der Waals surface area (Å²) in [5.41, 5.74) is 4.80. The highest BCUT2D eigenvalue weighted by atomic mass is 16.4. The number of aryl methyl sites for hydroxylation is 2. The zero-order valence-electron chi connectivity index (χ0n) is 18.8. The fourth-order valence-electron chi connectivity index (χ4n) is 4.18. The molecule has 0 unspecified atom stereocenters. The lowest BCUT2D eigenvalue weighted by Crippen LogP contribution is -2.48. The van der Waals surface area contributed by atoms with Crippen LogP contribution in [0.4, 0.5) is 5.69 Å². The summed E-state index contributed by atoms with van der Waals surface area (Å²) in [5.74, 6) is 1.78. The van der Waals surface area contributed by atoms with Gasteiger partial charge in [-0.3, -0.25) is 4.90 Å². The Labute approximate surface area is 186 Å². The molecule has 1 aromatic heterocycles. The van der Waals surface area contributed by atoms with Crippen LogP contribution in [0.15, 0.2) is 59.0 Å².